The van der Waals surface area contributed by atoms with Crippen LogP contribution in [0, 0.1) is 0 Å². The molecule has 15 aromatic rings. The number of carbonyl (C=O) groups excluding carboxylic acids is 5. The Morgan fingerprint density at radius 3 is 0.762 bits per heavy atom. The average Bonchev–Trinajstić information content (AvgIpc) is 1.71. The molecular weight excluding hydrogens is 1540 g/mol. The molecule has 25 nitrogen and oxygen atoms in total. The van der Waals surface area contributed by atoms with Gasteiger partial charge in [-0.15, -0.1) is 0 Å². The SMILES string of the molecule is N[C@@H](CCc1ncc(-c2ccccc2)[nH]1)C(=O)OCc1ccccc1.N[C@@H](Cc1ncc(-c2ccccc2)[nH]1)C(=O)OCc1ccccc1.N[C@H](CC(=O)OCc1ccccc1)c1ncc(-c2ccccc2)[nH]1.N[C@H](CCc1ncc(-c2ccccc2)[nH]1)C(=O)OCc1ccccc1.N[C@H](Cc1ncc(-c2ccccc2)[nH]1)C(=O)OCc1ccccc1. The normalized spacial score (nSPS) is 11.9. The Kier molecular flexibility index (Phi) is 34.5. The van der Waals surface area contributed by atoms with E-state index in [2.05, 4.69) is 49.8 Å². The zero-order valence-electron chi connectivity index (χ0n) is 67.3. The maximum atomic E-state index is 12.0. The van der Waals surface area contributed by atoms with Crippen LogP contribution in [-0.4, -0.2) is 104 Å². The van der Waals surface area contributed by atoms with Crippen molar-refractivity contribution >= 4 is 29.8 Å². The molecule has 10 aromatic carbocycles. The number of carbonyl (C=O) groups is 5. The van der Waals surface area contributed by atoms with Gasteiger partial charge in [0.25, 0.3) is 0 Å². The molecule has 0 saturated carbocycles. The summed E-state index contributed by atoms with van der Waals surface area (Å²) in [6, 6.07) is 93.8. The van der Waals surface area contributed by atoms with Gasteiger partial charge in [0.1, 0.15) is 86.3 Å². The largest absolute Gasteiger partial charge is 0.461 e. The van der Waals surface area contributed by atoms with Crippen LogP contribution in [0.4, 0.5) is 0 Å². The molecule has 0 spiro atoms. The summed E-state index contributed by atoms with van der Waals surface area (Å²) in [5, 5.41) is 0. The summed E-state index contributed by atoms with van der Waals surface area (Å²) >= 11 is 0. The van der Waals surface area contributed by atoms with Gasteiger partial charge in [-0.2, -0.15) is 0 Å². The second kappa shape index (κ2) is 47.7. The van der Waals surface area contributed by atoms with Gasteiger partial charge in [-0.05, 0) is 68.5 Å². The van der Waals surface area contributed by atoms with Crippen molar-refractivity contribution in [2.45, 2.75) is 108 Å². The number of ether oxygens (including phenoxy) is 5. The Labute approximate surface area is 708 Å². The first kappa shape index (κ1) is 88.2. The van der Waals surface area contributed by atoms with Gasteiger partial charge < -0.3 is 77.3 Å². The highest BCUT2D eigenvalue weighted by Crippen LogP contribution is 2.24. The third-order valence-corrected chi connectivity index (χ3v) is 18.8. The second-order valence-electron chi connectivity index (χ2n) is 28.2. The minimum absolute atomic E-state index is 0.0780. The van der Waals surface area contributed by atoms with Crippen molar-refractivity contribution < 1.29 is 47.7 Å². The van der Waals surface area contributed by atoms with E-state index < -0.39 is 54.1 Å². The molecule has 0 saturated heterocycles. The first-order valence-corrected chi connectivity index (χ1v) is 39.9. The minimum atomic E-state index is -0.747. The lowest BCUT2D eigenvalue weighted by molar-refractivity contribution is -0.147. The fourth-order valence-corrected chi connectivity index (χ4v) is 12.1. The standard InChI is InChI=1S/2C20H21N3O2.3C19H19N3O2/c2*21-17(20(24)25-14-15-7-3-1-4-8-15)11-12-19-22-13-18(23-19)16-9-5-2-6-10-16;20-16(11-18(23)24-13-14-7-3-1-4-8-14)19-21-12-17(22-19)15-9-5-2-6-10-15;2*20-16(19(23)24-13-14-7-3-1-4-8-14)11-18-21-12-17(22-18)15-9-5-2-6-10-15/h2*1-10,13,17H,11-12,14,21H2,(H,22,23);3*1-10,12,16H,11,13,20H2,(H,21,22)/t2*17-;3*16-/m10110/s1. The molecule has 0 aliphatic heterocycles. The van der Waals surface area contributed by atoms with E-state index in [1.54, 1.807) is 31.0 Å². The number of rotatable bonds is 32. The van der Waals surface area contributed by atoms with Gasteiger partial charge in [0.15, 0.2) is 0 Å². The van der Waals surface area contributed by atoms with Crippen LogP contribution >= 0.6 is 0 Å². The van der Waals surface area contributed by atoms with E-state index in [9.17, 15) is 24.0 Å². The van der Waals surface area contributed by atoms with E-state index in [-0.39, 0.29) is 45.4 Å². The molecule has 622 valence electrons. The first-order chi connectivity index (χ1) is 59.6. The summed E-state index contributed by atoms with van der Waals surface area (Å²) in [5.41, 5.74) is 44.3. The Morgan fingerprint density at radius 1 is 0.262 bits per heavy atom. The summed E-state index contributed by atoms with van der Waals surface area (Å²) in [5.74, 6) is 1.53. The minimum Gasteiger partial charge on any atom is -0.461 e. The number of hydrogen-bond donors (Lipinski definition) is 10. The zero-order chi connectivity index (χ0) is 85.3. The van der Waals surface area contributed by atoms with Gasteiger partial charge in [-0.1, -0.05) is 303 Å². The van der Waals surface area contributed by atoms with Gasteiger partial charge in [0.2, 0.25) is 0 Å². The van der Waals surface area contributed by atoms with Crippen molar-refractivity contribution in [3.05, 3.63) is 391 Å². The Morgan fingerprint density at radius 2 is 0.484 bits per heavy atom. The van der Waals surface area contributed by atoms with Crippen LogP contribution in [0.25, 0.3) is 56.3 Å². The number of nitrogens with zero attached hydrogens (tertiary/aromatic N) is 5. The number of nitrogens with two attached hydrogens (primary N) is 5. The third-order valence-electron chi connectivity index (χ3n) is 18.8. The molecule has 15 N–H and O–H groups in total. The molecule has 0 radical (unpaired) electrons. The maximum Gasteiger partial charge on any atom is 0.323 e. The Balaban J connectivity index is 0.000000149. The van der Waals surface area contributed by atoms with Crippen molar-refractivity contribution in [1.29, 1.82) is 0 Å². The second-order valence-corrected chi connectivity index (χ2v) is 28.2. The molecule has 0 aliphatic carbocycles. The summed E-state index contributed by atoms with van der Waals surface area (Å²) in [7, 11) is 0. The number of H-pyrrole nitrogens is 5. The molecule has 0 aliphatic rings. The number of aryl methyl sites for hydroxylation is 2. The van der Waals surface area contributed by atoms with Crippen molar-refractivity contribution in [2.75, 3.05) is 0 Å². The highest BCUT2D eigenvalue weighted by Gasteiger charge is 2.23. The average molecular weight is 1630 g/mol. The summed E-state index contributed by atoms with van der Waals surface area (Å²) in [6.45, 7) is 1.18. The van der Waals surface area contributed by atoms with E-state index in [4.69, 9.17) is 52.4 Å². The molecule has 25 heteroatoms. The monoisotopic (exact) mass is 1630 g/mol. The number of esters is 5. The molecule has 0 fully saturated rings. The Bertz CT molecular complexity index is 5280. The maximum absolute atomic E-state index is 12.0. The summed E-state index contributed by atoms with van der Waals surface area (Å²) in [4.78, 5) is 97.6. The molecule has 0 unspecified atom stereocenters. The van der Waals surface area contributed by atoms with Crippen LogP contribution in [0.2, 0.25) is 0 Å². The lowest BCUT2D eigenvalue weighted by Gasteiger charge is -2.10. The zero-order valence-corrected chi connectivity index (χ0v) is 67.3. The number of aromatic nitrogens is 10. The van der Waals surface area contributed by atoms with Crippen LogP contribution in [0.3, 0.4) is 0 Å². The smallest absolute Gasteiger partial charge is 0.323 e. The predicted octanol–water partition coefficient (Wildman–Crippen LogP) is 14.7. The lowest BCUT2D eigenvalue weighted by Crippen LogP contribution is -2.34. The van der Waals surface area contributed by atoms with Gasteiger partial charge in [0.05, 0.1) is 71.9 Å². The molecule has 0 amide bonds. The van der Waals surface area contributed by atoms with Crippen LogP contribution in [0.5, 0.6) is 0 Å². The number of benzene rings is 10. The Hall–Kier alpha value is -14.6. The van der Waals surface area contributed by atoms with Crippen molar-refractivity contribution in [2.24, 2.45) is 28.7 Å². The van der Waals surface area contributed by atoms with Gasteiger partial charge in [-0.3, -0.25) is 24.0 Å². The number of hydrogen-bond acceptors (Lipinski definition) is 20. The molecule has 5 aromatic heterocycles. The summed E-state index contributed by atoms with van der Waals surface area (Å²) in [6.07, 6.45) is 11.6. The molecule has 122 heavy (non-hydrogen) atoms. The van der Waals surface area contributed by atoms with E-state index in [1.165, 1.54) is 0 Å². The van der Waals surface area contributed by atoms with E-state index in [0.717, 1.165) is 95.8 Å². The lowest BCUT2D eigenvalue weighted by atomic mass is 10.1. The highest BCUT2D eigenvalue weighted by atomic mass is 16.5. The van der Waals surface area contributed by atoms with Crippen molar-refractivity contribution in [1.82, 2.24) is 49.8 Å². The van der Waals surface area contributed by atoms with Gasteiger partial charge in [0, 0.05) is 25.7 Å². The van der Waals surface area contributed by atoms with Crippen LogP contribution in [-0.2, 0) is 106 Å². The van der Waals surface area contributed by atoms with Gasteiger partial charge in [-0.25, -0.2) is 24.9 Å². The van der Waals surface area contributed by atoms with Crippen LogP contribution < -0.4 is 28.7 Å². The quantitative estimate of drug-likeness (QED) is 0.0138. The van der Waals surface area contributed by atoms with Crippen molar-refractivity contribution in [3.63, 3.8) is 0 Å². The molecular formula is C97H99N15O10. The molecule has 0 bridgehead atoms. The molecule has 15 rings (SSSR count). The van der Waals surface area contributed by atoms with E-state index >= 15 is 0 Å². The van der Waals surface area contributed by atoms with Gasteiger partial charge >= 0.3 is 29.8 Å². The third kappa shape index (κ3) is 29.5. The highest BCUT2D eigenvalue weighted by molar-refractivity contribution is 5.77. The fraction of sp³-hybridized carbons (Fsp3) is 0.175. The van der Waals surface area contributed by atoms with Crippen molar-refractivity contribution in [3.8, 4) is 56.3 Å². The predicted molar refractivity (Wildman–Crippen MR) is 469 cm³/mol. The van der Waals surface area contributed by atoms with Crippen LogP contribution in [0.15, 0.2) is 334 Å². The number of imidazole rings is 5. The van der Waals surface area contributed by atoms with E-state index in [1.807, 2.05) is 303 Å². The first-order valence-electron chi connectivity index (χ1n) is 39.9. The molecule has 5 atom stereocenters. The summed E-state index contributed by atoms with van der Waals surface area (Å²) < 4.78 is 26.3. The number of nitrogens with one attached hydrogen (secondary N) is 5. The molecule has 5 heterocycles. The van der Waals surface area contributed by atoms with E-state index in [0.29, 0.717) is 56.0 Å². The topological polar surface area (TPSA) is 405 Å². The van der Waals surface area contributed by atoms with Crippen LogP contribution in [0.1, 0.15) is 82.2 Å². The number of aromatic amines is 5. The fourth-order valence-electron chi connectivity index (χ4n) is 12.1.